The van der Waals surface area contributed by atoms with E-state index in [-0.39, 0.29) is 24.0 Å². The third-order valence-corrected chi connectivity index (χ3v) is 4.51. The molecule has 0 aromatic rings. The van der Waals surface area contributed by atoms with Crippen molar-refractivity contribution >= 4 is 5.91 Å². The van der Waals surface area contributed by atoms with Crippen LogP contribution in [-0.2, 0) is 4.79 Å². The molecule has 1 aliphatic heterocycles. The van der Waals surface area contributed by atoms with Crippen molar-refractivity contribution in [2.45, 2.75) is 50.7 Å². The van der Waals surface area contributed by atoms with Crippen LogP contribution in [0.1, 0.15) is 38.5 Å². The number of piperidine rings is 1. The van der Waals surface area contributed by atoms with Crippen molar-refractivity contribution in [2.75, 3.05) is 27.2 Å². The van der Waals surface area contributed by atoms with E-state index in [0.717, 1.165) is 51.6 Å². The monoisotopic (exact) mass is 254 g/mol. The molecule has 18 heavy (non-hydrogen) atoms. The van der Waals surface area contributed by atoms with Gasteiger partial charge in [0, 0.05) is 13.6 Å². The number of nitrogens with zero attached hydrogens (tertiary/aromatic N) is 2. The molecule has 0 bridgehead atoms. The summed E-state index contributed by atoms with van der Waals surface area (Å²) in [5.41, 5.74) is 0. The summed E-state index contributed by atoms with van der Waals surface area (Å²) in [6.07, 6.45) is 5.79. The summed E-state index contributed by atoms with van der Waals surface area (Å²) >= 11 is 0. The van der Waals surface area contributed by atoms with Crippen LogP contribution in [0.15, 0.2) is 0 Å². The number of carbonyl (C=O) groups excluding carboxylic acids is 1. The lowest BCUT2D eigenvalue weighted by Crippen LogP contribution is -2.50. The summed E-state index contributed by atoms with van der Waals surface area (Å²) in [5.74, 6) is 0.357. The Labute approximate surface area is 110 Å². The zero-order valence-electron chi connectivity index (χ0n) is 11.6. The van der Waals surface area contributed by atoms with Crippen molar-refractivity contribution in [1.82, 2.24) is 9.80 Å². The second kappa shape index (κ2) is 6.02. The smallest absolute Gasteiger partial charge is 0.227 e. The van der Waals surface area contributed by atoms with Gasteiger partial charge in [-0.2, -0.15) is 0 Å². The van der Waals surface area contributed by atoms with E-state index in [4.69, 9.17) is 0 Å². The Bertz CT molecular complexity index is 296. The lowest BCUT2D eigenvalue weighted by molar-refractivity contribution is -0.141. The lowest BCUT2D eigenvalue weighted by atomic mass is 9.90. The van der Waals surface area contributed by atoms with E-state index in [1.165, 1.54) is 0 Å². The summed E-state index contributed by atoms with van der Waals surface area (Å²) in [6.45, 7) is 1.96. The molecule has 4 nitrogen and oxygen atoms in total. The Morgan fingerprint density at radius 1 is 1.22 bits per heavy atom. The number of rotatable bonds is 2. The zero-order valence-corrected chi connectivity index (χ0v) is 11.6. The average molecular weight is 254 g/mol. The lowest BCUT2D eigenvalue weighted by Gasteiger charge is -2.38. The first-order valence-corrected chi connectivity index (χ1v) is 7.23. The van der Waals surface area contributed by atoms with E-state index < -0.39 is 0 Å². The van der Waals surface area contributed by atoms with Gasteiger partial charge in [-0.25, -0.2) is 0 Å². The molecule has 1 aliphatic carbocycles. The minimum absolute atomic E-state index is 0.0403. The SMILES string of the molecule is CN1CCC[C@@H](C(=O)N(C)[C@@H]2CCCC[C@H]2O)C1. The Kier molecular flexibility index (Phi) is 4.62. The van der Waals surface area contributed by atoms with E-state index in [1.807, 2.05) is 11.9 Å². The molecule has 0 radical (unpaired) electrons. The number of aliphatic hydroxyl groups is 1. The number of amides is 1. The molecule has 1 saturated heterocycles. The van der Waals surface area contributed by atoms with E-state index in [1.54, 1.807) is 0 Å². The minimum Gasteiger partial charge on any atom is -0.391 e. The van der Waals surface area contributed by atoms with Gasteiger partial charge in [-0.1, -0.05) is 12.8 Å². The van der Waals surface area contributed by atoms with Gasteiger partial charge in [-0.15, -0.1) is 0 Å². The van der Waals surface area contributed by atoms with E-state index >= 15 is 0 Å². The summed E-state index contributed by atoms with van der Waals surface area (Å²) in [6, 6.07) is 0.0403. The highest BCUT2D eigenvalue weighted by Gasteiger charge is 2.33. The first kappa shape index (κ1) is 13.8. The third kappa shape index (κ3) is 3.04. The van der Waals surface area contributed by atoms with Crippen LogP contribution in [0, 0.1) is 5.92 Å². The Hall–Kier alpha value is -0.610. The summed E-state index contributed by atoms with van der Waals surface area (Å²) in [7, 11) is 3.95. The van der Waals surface area contributed by atoms with Crippen LogP contribution in [0.3, 0.4) is 0 Å². The molecule has 104 valence electrons. The maximum atomic E-state index is 12.5. The van der Waals surface area contributed by atoms with Crippen LogP contribution in [0.5, 0.6) is 0 Å². The second-order valence-corrected chi connectivity index (χ2v) is 5.97. The second-order valence-electron chi connectivity index (χ2n) is 5.97. The number of hydrogen-bond acceptors (Lipinski definition) is 3. The topological polar surface area (TPSA) is 43.8 Å². The van der Waals surface area contributed by atoms with Crippen LogP contribution in [0.4, 0.5) is 0 Å². The molecular weight excluding hydrogens is 228 g/mol. The van der Waals surface area contributed by atoms with E-state index in [9.17, 15) is 9.90 Å². The van der Waals surface area contributed by atoms with Crippen LogP contribution in [0.2, 0.25) is 0 Å². The molecule has 1 saturated carbocycles. The number of aliphatic hydroxyl groups excluding tert-OH is 1. The molecule has 2 fully saturated rings. The Balaban J connectivity index is 1.94. The van der Waals surface area contributed by atoms with Gasteiger partial charge in [0.2, 0.25) is 5.91 Å². The molecule has 0 spiro atoms. The fourth-order valence-electron chi connectivity index (χ4n) is 3.36. The summed E-state index contributed by atoms with van der Waals surface area (Å²) in [4.78, 5) is 16.5. The molecule has 0 aromatic carbocycles. The predicted octanol–water partition coefficient (Wildman–Crippen LogP) is 1.09. The van der Waals surface area contributed by atoms with Gasteiger partial charge >= 0.3 is 0 Å². The highest BCUT2D eigenvalue weighted by molar-refractivity contribution is 5.79. The van der Waals surface area contributed by atoms with Crippen molar-refractivity contribution in [3.05, 3.63) is 0 Å². The Morgan fingerprint density at radius 3 is 2.61 bits per heavy atom. The average Bonchev–Trinajstić information content (AvgIpc) is 2.37. The molecule has 1 N–H and O–H groups in total. The van der Waals surface area contributed by atoms with Gasteiger partial charge < -0.3 is 14.9 Å². The quantitative estimate of drug-likeness (QED) is 0.802. The van der Waals surface area contributed by atoms with Gasteiger partial charge in [0.1, 0.15) is 0 Å². The van der Waals surface area contributed by atoms with Gasteiger partial charge in [0.05, 0.1) is 18.1 Å². The van der Waals surface area contributed by atoms with Gasteiger partial charge in [-0.05, 0) is 39.3 Å². The Morgan fingerprint density at radius 2 is 1.94 bits per heavy atom. The maximum absolute atomic E-state index is 12.5. The molecule has 0 unspecified atom stereocenters. The number of likely N-dealkylation sites (N-methyl/N-ethyl adjacent to an activating group) is 1. The fourth-order valence-corrected chi connectivity index (χ4v) is 3.36. The van der Waals surface area contributed by atoms with E-state index in [0.29, 0.717) is 0 Å². The summed E-state index contributed by atoms with van der Waals surface area (Å²) < 4.78 is 0. The molecular formula is C14H26N2O2. The fraction of sp³-hybridized carbons (Fsp3) is 0.929. The molecule has 4 heteroatoms. The highest BCUT2D eigenvalue weighted by Crippen LogP contribution is 2.25. The largest absolute Gasteiger partial charge is 0.391 e. The first-order chi connectivity index (χ1) is 8.59. The van der Waals surface area contributed by atoms with Crippen molar-refractivity contribution in [3.8, 4) is 0 Å². The normalized spacial score (nSPS) is 34.3. The van der Waals surface area contributed by atoms with Crippen molar-refractivity contribution in [2.24, 2.45) is 5.92 Å². The highest BCUT2D eigenvalue weighted by atomic mass is 16.3. The number of likely N-dealkylation sites (tertiary alicyclic amines) is 1. The van der Waals surface area contributed by atoms with Crippen molar-refractivity contribution < 1.29 is 9.90 Å². The van der Waals surface area contributed by atoms with E-state index in [2.05, 4.69) is 11.9 Å². The van der Waals surface area contributed by atoms with Crippen LogP contribution < -0.4 is 0 Å². The molecule has 0 aromatic heterocycles. The van der Waals surface area contributed by atoms with Crippen LogP contribution in [0.25, 0.3) is 0 Å². The number of hydrogen-bond donors (Lipinski definition) is 1. The zero-order chi connectivity index (χ0) is 13.1. The predicted molar refractivity (Wildman–Crippen MR) is 71.3 cm³/mol. The van der Waals surface area contributed by atoms with Crippen LogP contribution in [-0.4, -0.2) is 60.1 Å². The first-order valence-electron chi connectivity index (χ1n) is 7.23. The molecule has 1 heterocycles. The standard InChI is InChI=1S/C14H26N2O2/c1-15-9-5-6-11(10-15)14(18)16(2)12-7-3-4-8-13(12)17/h11-13,17H,3-10H2,1-2H3/t11-,12-,13-/m1/s1. The van der Waals surface area contributed by atoms with Gasteiger partial charge in [0.15, 0.2) is 0 Å². The molecule has 3 atom stereocenters. The third-order valence-electron chi connectivity index (χ3n) is 4.51. The molecule has 2 aliphatic rings. The van der Waals surface area contributed by atoms with Gasteiger partial charge in [0.25, 0.3) is 0 Å². The van der Waals surface area contributed by atoms with Crippen molar-refractivity contribution in [3.63, 3.8) is 0 Å². The number of carbonyl (C=O) groups is 1. The van der Waals surface area contributed by atoms with Crippen LogP contribution >= 0.6 is 0 Å². The molecule has 1 amide bonds. The summed E-state index contributed by atoms with van der Waals surface area (Å²) in [5, 5.41) is 10.0. The minimum atomic E-state index is -0.325. The molecule has 2 rings (SSSR count). The van der Waals surface area contributed by atoms with Gasteiger partial charge in [-0.3, -0.25) is 4.79 Å². The van der Waals surface area contributed by atoms with Crippen molar-refractivity contribution in [1.29, 1.82) is 0 Å². The maximum Gasteiger partial charge on any atom is 0.227 e.